The lowest BCUT2D eigenvalue weighted by Gasteiger charge is -2.31. The zero-order valence-electron chi connectivity index (χ0n) is 11.9. The predicted octanol–water partition coefficient (Wildman–Crippen LogP) is 2.77. The van der Waals surface area contributed by atoms with Gasteiger partial charge < -0.3 is 15.2 Å². The van der Waals surface area contributed by atoms with Crippen LogP contribution in [-0.2, 0) is 10.3 Å². The first-order valence-corrected chi connectivity index (χ1v) is 6.72. The van der Waals surface area contributed by atoms with Crippen LogP contribution in [0.5, 0.6) is 5.75 Å². The highest BCUT2D eigenvalue weighted by Crippen LogP contribution is 2.32. The first kappa shape index (κ1) is 15.5. The Balaban J connectivity index is 3.11. The second kappa shape index (κ2) is 7.14. The summed E-state index contributed by atoms with van der Waals surface area (Å²) in [6.45, 7) is 7.22. The molecular weight excluding hydrogens is 242 g/mol. The van der Waals surface area contributed by atoms with Crippen molar-refractivity contribution in [1.29, 1.82) is 0 Å². The van der Waals surface area contributed by atoms with E-state index in [9.17, 15) is 4.79 Å². The van der Waals surface area contributed by atoms with Crippen molar-refractivity contribution in [3.8, 4) is 5.75 Å². The SMILES string of the molecule is CCCNC(C)(CC(=O)O)c1ccccc1OCC. The lowest BCUT2D eigenvalue weighted by atomic mass is 9.87. The van der Waals surface area contributed by atoms with Gasteiger partial charge in [-0.25, -0.2) is 0 Å². The highest BCUT2D eigenvalue weighted by molar-refractivity contribution is 5.69. The largest absolute Gasteiger partial charge is 0.494 e. The number of hydrogen-bond donors (Lipinski definition) is 2. The van der Waals surface area contributed by atoms with E-state index in [0.717, 1.165) is 24.3 Å². The molecule has 0 spiro atoms. The summed E-state index contributed by atoms with van der Waals surface area (Å²) in [5.41, 5.74) is 0.279. The molecule has 4 nitrogen and oxygen atoms in total. The van der Waals surface area contributed by atoms with Crippen molar-refractivity contribution >= 4 is 5.97 Å². The second-order valence-electron chi connectivity index (χ2n) is 4.76. The van der Waals surface area contributed by atoms with Gasteiger partial charge in [0.15, 0.2) is 0 Å². The molecule has 0 bridgehead atoms. The Bertz CT molecular complexity index is 420. The Kier molecular flexibility index (Phi) is 5.83. The Morgan fingerprint density at radius 1 is 1.37 bits per heavy atom. The van der Waals surface area contributed by atoms with Gasteiger partial charge in [-0.1, -0.05) is 25.1 Å². The molecule has 0 radical (unpaired) electrons. The number of benzene rings is 1. The van der Waals surface area contributed by atoms with Crippen molar-refractivity contribution in [2.24, 2.45) is 0 Å². The van der Waals surface area contributed by atoms with Crippen molar-refractivity contribution in [3.05, 3.63) is 29.8 Å². The van der Waals surface area contributed by atoms with Crippen LogP contribution in [0, 0.1) is 0 Å². The van der Waals surface area contributed by atoms with Gasteiger partial charge in [0.05, 0.1) is 18.6 Å². The van der Waals surface area contributed by atoms with E-state index < -0.39 is 11.5 Å². The second-order valence-corrected chi connectivity index (χ2v) is 4.76. The molecule has 4 heteroatoms. The summed E-state index contributed by atoms with van der Waals surface area (Å²) in [7, 11) is 0. The minimum absolute atomic E-state index is 0.0249. The maximum absolute atomic E-state index is 11.1. The molecule has 0 aliphatic carbocycles. The number of rotatable bonds is 8. The average Bonchev–Trinajstić information content (AvgIpc) is 2.36. The van der Waals surface area contributed by atoms with E-state index in [2.05, 4.69) is 12.2 Å². The van der Waals surface area contributed by atoms with Crippen LogP contribution < -0.4 is 10.1 Å². The van der Waals surface area contributed by atoms with Crippen LogP contribution in [0.2, 0.25) is 0 Å². The lowest BCUT2D eigenvalue weighted by Crippen LogP contribution is -2.42. The van der Waals surface area contributed by atoms with Crippen molar-refractivity contribution in [3.63, 3.8) is 0 Å². The molecule has 0 aliphatic heterocycles. The highest BCUT2D eigenvalue weighted by atomic mass is 16.5. The van der Waals surface area contributed by atoms with E-state index in [0.29, 0.717) is 6.61 Å². The Hall–Kier alpha value is -1.55. The zero-order valence-corrected chi connectivity index (χ0v) is 11.9. The van der Waals surface area contributed by atoms with Gasteiger partial charge in [0.1, 0.15) is 5.75 Å². The van der Waals surface area contributed by atoms with Crippen LogP contribution >= 0.6 is 0 Å². The molecule has 0 heterocycles. The van der Waals surface area contributed by atoms with Crippen LogP contribution in [0.3, 0.4) is 0 Å². The number of nitrogens with one attached hydrogen (secondary N) is 1. The monoisotopic (exact) mass is 265 g/mol. The number of hydrogen-bond acceptors (Lipinski definition) is 3. The normalized spacial score (nSPS) is 13.8. The average molecular weight is 265 g/mol. The fourth-order valence-electron chi connectivity index (χ4n) is 2.16. The van der Waals surface area contributed by atoms with E-state index in [1.807, 2.05) is 38.1 Å². The fraction of sp³-hybridized carbons (Fsp3) is 0.533. The molecule has 1 atom stereocenters. The molecule has 0 aliphatic rings. The minimum atomic E-state index is -0.822. The molecule has 0 saturated carbocycles. The van der Waals surface area contributed by atoms with E-state index in [4.69, 9.17) is 9.84 Å². The van der Waals surface area contributed by atoms with E-state index in [-0.39, 0.29) is 6.42 Å². The third-order valence-corrected chi connectivity index (χ3v) is 3.05. The van der Waals surface area contributed by atoms with E-state index >= 15 is 0 Å². The molecule has 1 aromatic rings. The molecule has 1 aromatic carbocycles. The summed E-state index contributed by atoms with van der Waals surface area (Å²) >= 11 is 0. The van der Waals surface area contributed by atoms with Crippen LogP contribution in [0.15, 0.2) is 24.3 Å². The lowest BCUT2D eigenvalue weighted by molar-refractivity contribution is -0.138. The molecule has 1 unspecified atom stereocenters. The molecule has 0 amide bonds. The molecule has 0 fully saturated rings. The number of aliphatic carboxylic acids is 1. The van der Waals surface area contributed by atoms with Crippen LogP contribution in [0.1, 0.15) is 39.2 Å². The maximum Gasteiger partial charge on any atom is 0.305 e. The topological polar surface area (TPSA) is 58.6 Å². The first-order valence-electron chi connectivity index (χ1n) is 6.72. The number of carbonyl (C=O) groups is 1. The Labute approximate surface area is 114 Å². The summed E-state index contributed by atoms with van der Waals surface area (Å²) in [5, 5.41) is 12.5. The molecule has 1 rings (SSSR count). The van der Waals surface area contributed by atoms with Gasteiger partial charge in [0.25, 0.3) is 0 Å². The highest BCUT2D eigenvalue weighted by Gasteiger charge is 2.31. The van der Waals surface area contributed by atoms with Crippen molar-refractivity contribution in [1.82, 2.24) is 5.32 Å². The molecule has 0 saturated heterocycles. The summed E-state index contributed by atoms with van der Waals surface area (Å²) in [4.78, 5) is 11.1. The zero-order chi connectivity index (χ0) is 14.3. The quantitative estimate of drug-likeness (QED) is 0.759. The number of para-hydroxylation sites is 1. The summed E-state index contributed by atoms with van der Waals surface area (Å²) in [6.07, 6.45) is 0.975. The van der Waals surface area contributed by atoms with Gasteiger partial charge in [-0.05, 0) is 32.9 Å². The van der Waals surface area contributed by atoms with Crippen molar-refractivity contribution in [2.45, 2.75) is 39.2 Å². The molecule has 0 aromatic heterocycles. The van der Waals surface area contributed by atoms with Gasteiger partial charge in [0, 0.05) is 5.56 Å². The summed E-state index contributed by atoms with van der Waals surface area (Å²) in [5.74, 6) is -0.0743. The summed E-state index contributed by atoms with van der Waals surface area (Å²) in [6, 6.07) is 7.62. The molecular formula is C15H23NO3. The molecule has 106 valence electrons. The van der Waals surface area contributed by atoms with Gasteiger partial charge in [-0.15, -0.1) is 0 Å². The van der Waals surface area contributed by atoms with Gasteiger partial charge in [-0.3, -0.25) is 4.79 Å². The maximum atomic E-state index is 11.1. The van der Waals surface area contributed by atoms with E-state index in [1.165, 1.54) is 0 Å². The molecule has 2 N–H and O–H groups in total. The van der Waals surface area contributed by atoms with Crippen molar-refractivity contribution in [2.75, 3.05) is 13.2 Å². The number of ether oxygens (including phenoxy) is 1. The Morgan fingerprint density at radius 3 is 2.63 bits per heavy atom. The predicted molar refractivity (Wildman–Crippen MR) is 75.5 cm³/mol. The van der Waals surface area contributed by atoms with Crippen LogP contribution in [-0.4, -0.2) is 24.2 Å². The Morgan fingerprint density at radius 2 is 2.05 bits per heavy atom. The number of carboxylic acids is 1. The molecule has 19 heavy (non-hydrogen) atoms. The van der Waals surface area contributed by atoms with Crippen LogP contribution in [0.25, 0.3) is 0 Å². The van der Waals surface area contributed by atoms with Gasteiger partial charge in [-0.2, -0.15) is 0 Å². The van der Waals surface area contributed by atoms with Crippen LogP contribution in [0.4, 0.5) is 0 Å². The third-order valence-electron chi connectivity index (χ3n) is 3.05. The standard InChI is InChI=1S/C15H23NO3/c1-4-10-16-15(3,11-14(17)18)12-8-6-7-9-13(12)19-5-2/h6-9,16H,4-5,10-11H2,1-3H3,(H,17,18). The number of carboxylic acid groups (broad SMARTS) is 1. The minimum Gasteiger partial charge on any atom is -0.494 e. The van der Waals surface area contributed by atoms with Gasteiger partial charge in [0.2, 0.25) is 0 Å². The van der Waals surface area contributed by atoms with Gasteiger partial charge >= 0.3 is 5.97 Å². The first-order chi connectivity index (χ1) is 9.03. The summed E-state index contributed by atoms with van der Waals surface area (Å²) < 4.78 is 5.61. The van der Waals surface area contributed by atoms with E-state index in [1.54, 1.807) is 0 Å². The smallest absolute Gasteiger partial charge is 0.305 e. The fourth-order valence-corrected chi connectivity index (χ4v) is 2.16. The van der Waals surface area contributed by atoms with Crippen molar-refractivity contribution < 1.29 is 14.6 Å². The third kappa shape index (κ3) is 4.24.